The fraction of sp³-hybridized carbons (Fsp3) is 0.231. The predicted octanol–water partition coefficient (Wildman–Crippen LogP) is 2.94. The first-order chi connectivity index (χ1) is 9.08. The number of benzene rings is 1. The Kier molecular flexibility index (Phi) is 2.89. The second kappa shape index (κ2) is 4.45. The quantitative estimate of drug-likeness (QED) is 0.674. The molecule has 19 heavy (non-hydrogen) atoms. The number of rotatable bonds is 3. The van der Waals surface area contributed by atoms with E-state index in [0.717, 1.165) is 18.5 Å². The van der Waals surface area contributed by atoms with Crippen LogP contribution in [0.15, 0.2) is 28.9 Å². The summed E-state index contributed by atoms with van der Waals surface area (Å²) in [6.45, 7) is 0. The Labute approximate surface area is 118 Å². The van der Waals surface area contributed by atoms with E-state index < -0.39 is 5.82 Å². The largest absolute Gasteiger partial charge is 0.384 e. The monoisotopic (exact) mass is 322 g/mol. The van der Waals surface area contributed by atoms with E-state index >= 15 is 0 Å². The van der Waals surface area contributed by atoms with Crippen LogP contribution in [0.2, 0.25) is 0 Å². The zero-order valence-electron chi connectivity index (χ0n) is 10.0. The lowest BCUT2D eigenvalue weighted by atomic mass is 10.2. The minimum atomic E-state index is -0.460. The molecule has 0 spiro atoms. The maximum atomic E-state index is 14.3. The minimum absolute atomic E-state index is 0.170. The third kappa shape index (κ3) is 2.16. The van der Waals surface area contributed by atoms with Crippen molar-refractivity contribution in [2.75, 3.05) is 0 Å². The second-order valence-corrected chi connectivity index (χ2v) is 5.43. The molecule has 98 valence electrons. The molecule has 1 heterocycles. The molecule has 1 fully saturated rings. The van der Waals surface area contributed by atoms with E-state index in [1.165, 1.54) is 4.68 Å². The van der Waals surface area contributed by atoms with Gasteiger partial charge in [0.2, 0.25) is 0 Å². The van der Waals surface area contributed by atoms with Crippen molar-refractivity contribution in [3.63, 3.8) is 0 Å². The number of nitrogens with two attached hydrogens (primary N) is 1. The first kappa shape index (κ1) is 12.3. The third-order valence-corrected chi connectivity index (χ3v) is 3.98. The molecule has 0 saturated heterocycles. The number of aromatic nitrogens is 2. The number of hydrogen-bond acceptors (Lipinski definition) is 2. The average Bonchev–Trinajstić information content (AvgIpc) is 3.11. The summed E-state index contributed by atoms with van der Waals surface area (Å²) in [5, 5.41) is 11.8. The van der Waals surface area contributed by atoms with E-state index in [2.05, 4.69) is 21.0 Å². The average molecular weight is 323 g/mol. The number of nitrogens with zero attached hydrogens (tertiary/aromatic N) is 2. The van der Waals surface area contributed by atoms with Crippen LogP contribution in [0.5, 0.6) is 0 Å². The number of nitrogens with one attached hydrogen (secondary N) is 1. The van der Waals surface area contributed by atoms with Gasteiger partial charge in [0.25, 0.3) is 0 Å². The fourth-order valence-electron chi connectivity index (χ4n) is 1.99. The molecule has 0 amide bonds. The first-order valence-electron chi connectivity index (χ1n) is 5.96. The highest BCUT2D eigenvalue weighted by Crippen LogP contribution is 2.39. The Morgan fingerprint density at radius 1 is 1.42 bits per heavy atom. The molecule has 1 aromatic carbocycles. The molecule has 6 heteroatoms. The molecule has 2 aromatic rings. The van der Waals surface area contributed by atoms with Gasteiger partial charge in [0, 0.05) is 17.7 Å². The van der Waals surface area contributed by atoms with Crippen molar-refractivity contribution in [3.8, 4) is 5.69 Å². The lowest BCUT2D eigenvalue weighted by Crippen LogP contribution is -2.13. The molecule has 1 saturated carbocycles. The molecule has 3 N–H and O–H groups in total. The van der Waals surface area contributed by atoms with Gasteiger partial charge >= 0.3 is 0 Å². The molecule has 3 rings (SSSR count). The van der Waals surface area contributed by atoms with Crippen LogP contribution in [0.1, 0.15) is 30.0 Å². The zero-order valence-corrected chi connectivity index (χ0v) is 11.6. The van der Waals surface area contributed by atoms with Gasteiger partial charge in [0.15, 0.2) is 5.82 Å². The Bertz CT molecular complexity index is 661. The smallest absolute Gasteiger partial charge is 0.163 e. The SMILES string of the molecule is N=C(N)c1ccc(-n2ccc(C3CC3)n2)c(F)c1Br. The van der Waals surface area contributed by atoms with Gasteiger partial charge < -0.3 is 5.73 Å². The van der Waals surface area contributed by atoms with Gasteiger partial charge in [0.1, 0.15) is 11.5 Å². The van der Waals surface area contributed by atoms with Crippen molar-refractivity contribution >= 4 is 21.8 Å². The van der Waals surface area contributed by atoms with Crippen LogP contribution in [0.4, 0.5) is 4.39 Å². The summed E-state index contributed by atoms with van der Waals surface area (Å²) in [6, 6.07) is 5.12. The second-order valence-electron chi connectivity index (χ2n) is 4.63. The molecular formula is C13H12BrFN4. The van der Waals surface area contributed by atoms with Crippen LogP contribution >= 0.6 is 15.9 Å². The molecule has 0 atom stereocenters. The standard InChI is InChI=1S/C13H12BrFN4/c14-11-8(13(16)17)3-4-10(12(11)15)19-6-5-9(18-19)7-1-2-7/h3-7H,1-2H2,(H3,16,17). The number of hydrogen-bond donors (Lipinski definition) is 2. The maximum absolute atomic E-state index is 14.3. The van der Waals surface area contributed by atoms with Crippen LogP contribution in [-0.4, -0.2) is 15.6 Å². The van der Waals surface area contributed by atoms with Gasteiger partial charge in [-0.25, -0.2) is 9.07 Å². The molecule has 0 aliphatic heterocycles. The minimum Gasteiger partial charge on any atom is -0.384 e. The number of amidine groups is 1. The predicted molar refractivity (Wildman–Crippen MR) is 74.2 cm³/mol. The van der Waals surface area contributed by atoms with Crippen molar-refractivity contribution in [2.45, 2.75) is 18.8 Å². The molecule has 0 unspecified atom stereocenters. The highest BCUT2D eigenvalue weighted by atomic mass is 79.9. The Morgan fingerprint density at radius 2 is 2.16 bits per heavy atom. The summed E-state index contributed by atoms with van der Waals surface area (Å²) >= 11 is 3.14. The molecule has 4 nitrogen and oxygen atoms in total. The molecule has 0 bridgehead atoms. The Balaban J connectivity index is 2.04. The molecule has 1 aromatic heterocycles. The van der Waals surface area contributed by atoms with E-state index in [9.17, 15) is 4.39 Å². The van der Waals surface area contributed by atoms with Crippen LogP contribution in [-0.2, 0) is 0 Å². The summed E-state index contributed by atoms with van der Waals surface area (Å²) in [5.41, 5.74) is 7.09. The van der Waals surface area contributed by atoms with Crippen LogP contribution in [0, 0.1) is 11.2 Å². The first-order valence-corrected chi connectivity index (χ1v) is 6.75. The Morgan fingerprint density at radius 3 is 2.79 bits per heavy atom. The maximum Gasteiger partial charge on any atom is 0.163 e. The molecule has 1 aliphatic carbocycles. The van der Waals surface area contributed by atoms with Crippen molar-refractivity contribution in [2.24, 2.45) is 5.73 Å². The topological polar surface area (TPSA) is 67.7 Å². The summed E-state index contributed by atoms with van der Waals surface area (Å²) in [4.78, 5) is 0. The van der Waals surface area contributed by atoms with Gasteiger partial charge in [-0.15, -0.1) is 0 Å². The van der Waals surface area contributed by atoms with E-state index in [-0.39, 0.29) is 10.3 Å². The Hall–Kier alpha value is -1.69. The molecule has 1 aliphatic rings. The van der Waals surface area contributed by atoms with Crippen molar-refractivity contribution in [1.29, 1.82) is 5.41 Å². The lowest BCUT2D eigenvalue weighted by Gasteiger charge is -2.08. The van der Waals surface area contributed by atoms with Gasteiger partial charge in [-0.05, 0) is 47.0 Å². The van der Waals surface area contributed by atoms with E-state index in [0.29, 0.717) is 17.2 Å². The van der Waals surface area contributed by atoms with Crippen molar-refractivity contribution in [3.05, 3.63) is 45.9 Å². The van der Waals surface area contributed by atoms with Crippen molar-refractivity contribution in [1.82, 2.24) is 9.78 Å². The van der Waals surface area contributed by atoms with Crippen LogP contribution in [0.3, 0.4) is 0 Å². The van der Waals surface area contributed by atoms with Gasteiger partial charge in [0.05, 0.1) is 10.2 Å². The van der Waals surface area contributed by atoms with Gasteiger partial charge in [-0.2, -0.15) is 5.10 Å². The van der Waals surface area contributed by atoms with Crippen molar-refractivity contribution < 1.29 is 4.39 Å². The fourth-order valence-corrected chi connectivity index (χ4v) is 2.54. The van der Waals surface area contributed by atoms with E-state index in [4.69, 9.17) is 11.1 Å². The summed E-state index contributed by atoms with van der Waals surface area (Å²) < 4.78 is 16.0. The molecular weight excluding hydrogens is 311 g/mol. The normalized spacial score (nSPS) is 14.6. The summed E-state index contributed by atoms with van der Waals surface area (Å²) in [6.07, 6.45) is 4.07. The van der Waals surface area contributed by atoms with Crippen LogP contribution < -0.4 is 5.73 Å². The van der Waals surface area contributed by atoms with Gasteiger partial charge in [-0.1, -0.05) is 0 Å². The zero-order chi connectivity index (χ0) is 13.6. The van der Waals surface area contributed by atoms with Gasteiger partial charge in [-0.3, -0.25) is 5.41 Å². The highest BCUT2D eigenvalue weighted by molar-refractivity contribution is 9.10. The third-order valence-electron chi connectivity index (χ3n) is 3.20. The number of halogens is 2. The summed E-state index contributed by atoms with van der Waals surface area (Å²) in [5.74, 6) is -0.0983. The number of nitrogen functional groups attached to an aromatic ring is 1. The highest BCUT2D eigenvalue weighted by Gasteiger charge is 2.26. The lowest BCUT2D eigenvalue weighted by molar-refractivity contribution is 0.603. The van der Waals surface area contributed by atoms with E-state index in [1.807, 2.05) is 6.07 Å². The molecule has 0 radical (unpaired) electrons. The van der Waals surface area contributed by atoms with E-state index in [1.54, 1.807) is 18.3 Å². The summed E-state index contributed by atoms with van der Waals surface area (Å²) in [7, 11) is 0. The van der Waals surface area contributed by atoms with Crippen LogP contribution in [0.25, 0.3) is 5.69 Å².